The predicted molar refractivity (Wildman–Crippen MR) is 75.3 cm³/mol. The first-order chi connectivity index (χ1) is 8.69. The number of benzene rings is 1. The van der Waals surface area contributed by atoms with Crippen LogP contribution in [0.15, 0.2) is 40.9 Å². The van der Waals surface area contributed by atoms with Gasteiger partial charge in [0.05, 0.1) is 0 Å². The molecule has 1 aromatic carbocycles. The first-order valence-corrected chi connectivity index (χ1v) is 6.52. The number of halogens is 1. The molecule has 0 spiro atoms. The van der Waals surface area contributed by atoms with E-state index in [1.807, 2.05) is 43.3 Å². The Morgan fingerprint density at radius 1 is 1.17 bits per heavy atom. The fourth-order valence-electron chi connectivity index (χ4n) is 1.60. The minimum Gasteiger partial charge on any atom is -0.473 e. The molecule has 2 rings (SSSR count). The summed E-state index contributed by atoms with van der Waals surface area (Å²) >= 11 is 3.40. The van der Waals surface area contributed by atoms with Gasteiger partial charge < -0.3 is 10.5 Å². The van der Waals surface area contributed by atoms with E-state index in [0.717, 1.165) is 21.3 Å². The number of rotatable bonds is 4. The third-order valence-electron chi connectivity index (χ3n) is 2.69. The number of hydrogen-bond donors (Lipinski definition) is 1. The summed E-state index contributed by atoms with van der Waals surface area (Å²) in [5.41, 5.74) is 8.68. The molecule has 1 heterocycles. The highest BCUT2D eigenvalue weighted by atomic mass is 79.9. The van der Waals surface area contributed by atoms with Crippen LogP contribution in [0.25, 0.3) is 0 Å². The van der Waals surface area contributed by atoms with Crippen molar-refractivity contribution in [3.8, 4) is 5.88 Å². The molecule has 0 fully saturated rings. The normalized spacial score (nSPS) is 10.4. The lowest BCUT2D eigenvalue weighted by Crippen LogP contribution is -2.03. The number of pyridine rings is 1. The van der Waals surface area contributed by atoms with Crippen molar-refractivity contribution in [2.24, 2.45) is 5.73 Å². The van der Waals surface area contributed by atoms with E-state index in [9.17, 15) is 0 Å². The lowest BCUT2D eigenvalue weighted by atomic mass is 10.2. The zero-order chi connectivity index (χ0) is 13.0. The second-order valence-corrected chi connectivity index (χ2v) is 4.93. The minimum atomic E-state index is 0.506. The second kappa shape index (κ2) is 5.98. The van der Waals surface area contributed by atoms with E-state index < -0.39 is 0 Å². The van der Waals surface area contributed by atoms with Crippen molar-refractivity contribution in [1.82, 2.24) is 4.98 Å². The Kier molecular flexibility index (Phi) is 4.33. The molecule has 2 N–H and O–H groups in total. The first-order valence-electron chi connectivity index (χ1n) is 5.73. The van der Waals surface area contributed by atoms with Crippen LogP contribution in [-0.2, 0) is 13.2 Å². The number of aryl methyl sites for hydroxylation is 1. The van der Waals surface area contributed by atoms with Gasteiger partial charge in [-0.25, -0.2) is 4.98 Å². The smallest absolute Gasteiger partial charge is 0.213 e. The molecule has 0 amide bonds. The minimum absolute atomic E-state index is 0.506. The summed E-state index contributed by atoms with van der Waals surface area (Å²) in [6.07, 6.45) is 0. The first kappa shape index (κ1) is 13.1. The molecule has 0 atom stereocenters. The van der Waals surface area contributed by atoms with Crippen LogP contribution in [0.1, 0.15) is 16.8 Å². The summed E-state index contributed by atoms with van der Waals surface area (Å²) in [5, 5.41) is 0. The molecule has 0 saturated heterocycles. The van der Waals surface area contributed by atoms with Gasteiger partial charge >= 0.3 is 0 Å². The standard InChI is InChI=1S/C14H15BrN2O/c1-10-12(8-16)4-7-14(17-10)18-9-11-2-5-13(15)6-3-11/h2-7H,8-9,16H2,1H3. The van der Waals surface area contributed by atoms with E-state index in [4.69, 9.17) is 10.5 Å². The zero-order valence-corrected chi connectivity index (χ0v) is 11.8. The molecule has 4 heteroatoms. The Hall–Kier alpha value is -1.39. The molecule has 0 saturated carbocycles. The average molecular weight is 307 g/mol. The zero-order valence-electron chi connectivity index (χ0n) is 10.2. The van der Waals surface area contributed by atoms with E-state index in [1.165, 1.54) is 0 Å². The third kappa shape index (κ3) is 3.31. The van der Waals surface area contributed by atoms with Crippen LogP contribution in [0.3, 0.4) is 0 Å². The van der Waals surface area contributed by atoms with Gasteiger partial charge in [-0.3, -0.25) is 0 Å². The highest BCUT2D eigenvalue weighted by Crippen LogP contribution is 2.15. The average Bonchev–Trinajstić information content (AvgIpc) is 2.38. The molecular formula is C14H15BrN2O. The predicted octanol–water partition coefficient (Wildman–Crippen LogP) is 3.19. The van der Waals surface area contributed by atoms with Gasteiger partial charge in [-0.2, -0.15) is 0 Å². The maximum atomic E-state index is 5.65. The van der Waals surface area contributed by atoms with Crippen LogP contribution in [0.4, 0.5) is 0 Å². The van der Waals surface area contributed by atoms with Crippen LogP contribution >= 0.6 is 15.9 Å². The Morgan fingerprint density at radius 2 is 1.89 bits per heavy atom. The van der Waals surface area contributed by atoms with Crippen molar-refractivity contribution in [3.05, 3.63) is 57.7 Å². The molecule has 94 valence electrons. The maximum absolute atomic E-state index is 5.65. The van der Waals surface area contributed by atoms with Crippen LogP contribution in [-0.4, -0.2) is 4.98 Å². The lowest BCUT2D eigenvalue weighted by molar-refractivity contribution is 0.293. The van der Waals surface area contributed by atoms with Crippen LogP contribution in [0, 0.1) is 6.92 Å². The van der Waals surface area contributed by atoms with Gasteiger partial charge in [-0.05, 0) is 30.2 Å². The van der Waals surface area contributed by atoms with Gasteiger partial charge in [0.15, 0.2) is 0 Å². The van der Waals surface area contributed by atoms with Crippen molar-refractivity contribution in [1.29, 1.82) is 0 Å². The molecule has 3 nitrogen and oxygen atoms in total. The fourth-order valence-corrected chi connectivity index (χ4v) is 1.87. The van der Waals surface area contributed by atoms with Gasteiger partial charge in [-0.15, -0.1) is 0 Å². The van der Waals surface area contributed by atoms with E-state index in [2.05, 4.69) is 20.9 Å². The highest BCUT2D eigenvalue weighted by molar-refractivity contribution is 9.10. The quantitative estimate of drug-likeness (QED) is 0.943. The highest BCUT2D eigenvalue weighted by Gasteiger charge is 2.01. The molecule has 2 aromatic rings. The molecule has 0 bridgehead atoms. The van der Waals surface area contributed by atoms with Crippen LogP contribution in [0.5, 0.6) is 5.88 Å². The molecule has 0 aliphatic carbocycles. The molecule has 1 aromatic heterocycles. The summed E-state index contributed by atoms with van der Waals surface area (Å²) in [5.74, 6) is 0.632. The summed E-state index contributed by atoms with van der Waals surface area (Å²) in [6.45, 7) is 2.96. The Balaban J connectivity index is 2.02. The third-order valence-corrected chi connectivity index (χ3v) is 3.22. The van der Waals surface area contributed by atoms with Gasteiger partial charge in [0.2, 0.25) is 5.88 Å². The topological polar surface area (TPSA) is 48.1 Å². The van der Waals surface area contributed by atoms with Crippen LogP contribution < -0.4 is 10.5 Å². The molecular weight excluding hydrogens is 292 g/mol. The number of nitrogens with zero attached hydrogens (tertiary/aromatic N) is 1. The monoisotopic (exact) mass is 306 g/mol. The fraction of sp³-hybridized carbons (Fsp3) is 0.214. The van der Waals surface area contributed by atoms with E-state index in [1.54, 1.807) is 0 Å². The molecule has 0 unspecified atom stereocenters. The summed E-state index contributed by atoms with van der Waals surface area (Å²) in [4.78, 5) is 4.37. The van der Waals surface area contributed by atoms with Gasteiger partial charge in [0.1, 0.15) is 6.61 Å². The van der Waals surface area contributed by atoms with E-state index in [-0.39, 0.29) is 0 Å². The van der Waals surface area contributed by atoms with E-state index >= 15 is 0 Å². The number of hydrogen-bond acceptors (Lipinski definition) is 3. The molecule has 0 aliphatic heterocycles. The van der Waals surface area contributed by atoms with Crippen molar-refractivity contribution in [2.75, 3.05) is 0 Å². The molecule has 18 heavy (non-hydrogen) atoms. The summed E-state index contributed by atoms with van der Waals surface area (Å²) < 4.78 is 6.71. The van der Waals surface area contributed by atoms with Gasteiger partial charge in [-0.1, -0.05) is 34.1 Å². The number of aromatic nitrogens is 1. The summed E-state index contributed by atoms with van der Waals surface area (Å²) in [7, 11) is 0. The second-order valence-electron chi connectivity index (χ2n) is 4.01. The molecule has 0 aliphatic rings. The SMILES string of the molecule is Cc1nc(OCc2ccc(Br)cc2)ccc1CN. The van der Waals surface area contributed by atoms with Crippen molar-refractivity contribution >= 4 is 15.9 Å². The van der Waals surface area contributed by atoms with Crippen LogP contribution in [0.2, 0.25) is 0 Å². The number of ether oxygens (including phenoxy) is 1. The Labute approximate surface area is 115 Å². The van der Waals surface area contributed by atoms with Gasteiger partial charge in [0, 0.05) is 22.8 Å². The Bertz CT molecular complexity index is 526. The van der Waals surface area contributed by atoms with Crippen molar-refractivity contribution in [3.63, 3.8) is 0 Å². The maximum Gasteiger partial charge on any atom is 0.213 e. The van der Waals surface area contributed by atoms with Crippen molar-refractivity contribution < 1.29 is 4.74 Å². The van der Waals surface area contributed by atoms with Gasteiger partial charge in [0.25, 0.3) is 0 Å². The number of nitrogens with two attached hydrogens (primary N) is 1. The Morgan fingerprint density at radius 3 is 2.50 bits per heavy atom. The lowest BCUT2D eigenvalue weighted by Gasteiger charge is -2.08. The summed E-state index contributed by atoms with van der Waals surface area (Å²) in [6, 6.07) is 11.8. The van der Waals surface area contributed by atoms with E-state index in [0.29, 0.717) is 19.0 Å². The largest absolute Gasteiger partial charge is 0.473 e. The molecule has 0 radical (unpaired) electrons. The van der Waals surface area contributed by atoms with Crippen molar-refractivity contribution in [2.45, 2.75) is 20.1 Å².